The number of aliphatic hydroxyl groups excluding tert-OH is 2. The molecular formula is C20H34N4O11. The van der Waals surface area contributed by atoms with Crippen LogP contribution >= 0.6 is 0 Å². The predicted molar refractivity (Wildman–Crippen MR) is 116 cm³/mol. The van der Waals surface area contributed by atoms with Crippen molar-refractivity contribution < 1.29 is 53.9 Å². The van der Waals surface area contributed by atoms with E-state index in [9.17, 15) is 44.4 Å². The van der Waals surface area contributed by atoms with Crippen molar-refractivity contribution in [3.05, 3.63) is 0 Å². The van der Waals surface area contributed by atoms with E-state index < -0.39 is 96.7 Å². The number of nitrogens with two attached hydrogens (primary N) is 3. The number of carbonyl (C=O) groups is 5. The van der Waals surface area contributed by atoms with Gasteiger partial charge >= 0.3 is 11.9 Å². The first-order valence-corrected chi connectivity index (χ1v) is 10.8. The van der Waals surface area contributed by atoms with Crippen LogP contribution in [-0.2, 0) is 33.4 Å². The highest BCUT2D eigenvalue weighted by molar-refractivity contribution is 6.03. The van der Waals surface area contributed by atoms with Gasteiger partial charge in [-0.25, -0.2) is 4.79 Å². The molecule has 15 heteroatoms. The number of hydrogen-bond acceptors (Lipinski definition) is 11. The molecule has 0 radical (unpaired) electrons. The van der Waals surface area contributed by atoms with Crippen molar-refractivity contribution in [2.75, 3.05) is 6.61 Å². The highest BCUT2D eigenvalue weighted by Crippen LogP contribution is 2.37. The van der Waals surface area contributed by atoms with Crippen LogP contribution < -0.4 is 17.2 Å². The third-order valence-electron chi connectivity index (χ3n) is 5.83. The number of aliphatic hydroxyl groups is 2. The van der Waals surface area contributed by atoms with Crippen LogP contribution in [0.15, 0.2) is 0 Å². The Labute approximate surface area is 201 Å². The lowest BCUT2D eigenvalue weighted by atomic mass is 9.75. The van der Waals surface area contributed by atoms with Crippen LogP contribution in [0.3, 0.4) is 0 Å². The normalized spacial score (nSPS) is 28.0. The summed E-state index contributed by atoms with van der Waals surface area (Å²) in [6.45, 7) is 3.99. The van der Waals surface area contributed by atoms with E-state index in [1.807, 2.05) is 0 Å². The summed E-state index contributed by atoms with van der Waals surface area (Å²) in [4.78, 5) is 62.2. The number of carboxylic acids is 2. The lowest BCUT2D eigenvalue weighted by Crippen LogP contribution is -2.78. The zero-order valence-electron chi connectivity index (χ0n) is 19.9. The minimum Gasteiger partial charge on any atom is -0.480 e. The van der Waals surface area contributed by atoms with Crippen LogP contribution in [0.1, 0.15) is 34.1 Å². The second-order valence-corrected chi connectivity index (χ2v) is 8.71. The molecule has 3 amide bonds. The molecule has 1 rings (SSSR count). The van der Waals surface area contributed by atoms with Crippen molar-refractivity contribution in [1.82, 2.24) is 4.90 Å². The number of carbonyl (C=O) groups excluding carboxylic acids is 3. The minimum absolute atomic E-state index is 0.428. The van der Waals surface area contributed by atoms with E-state index in [0.29, 0.717) is 4.90 Å². The van der Waals surface area contributed by atoms with Gasteiger partial charge in [-0.1, -0.05) is 13.8 Å². The smallest absolute Gasteiger partial charge is 0.332 e. The van der Waals surface area contributed by atoms with Crippen molar-refractivity contribution in [3.63, 3.8) is 0 Å². The van der Waals surface area contributed by atoms with Crippen molar-refractivity contribution >= 4 is 29.7 Å². The topological polar surface area (TPSA) is 266 Å². The summed E-state index contributed by atoms with van der Waals surface area (Å²) in [5.41, 5.74) is 15.0. The van der Waals surface area contributed by atoms with E-state index in [1.165, 1.54) is 13.8 Å². The molecule has 0 spiro atoms. The molecule has 10 N–H and O–H groups in total. The van der Waals surface area contributed by atoms with E-state index in [4.69, 9.17) is 26.7 Å². The fourth-order valence-corrected chi connectivity index (χ4v) is 4.02. The number of nitrogens with zero attached hydrogens (tertiary/aromatic N) is 1. The van der Waals surface area contributed by atoms with E-state index in [1.54, 1.807) is 0 Å². The Morgan fingerprint density at radius 2 is 1.66 bits per heavy atom. The highest BCUT2D eigenvalue weighted by Gasteiger charge is 2.62. The van der Waals surface area contributed by atoms with Crippen molar-refractivity contribution in [1.29, 1.82) is 0 Å². The van der Waals surface area contributed by atoms with Crippen molar-refractivity contribution in [2.24, 2.45) is 23.1 Å². The Kier molecular flexibility index (Phi) is 10.3. The minimum atomic E-state index is -2.62. The van der Waals surface area contributed by atoms with Gasteiger partial charge in [-0.05, 0) is 6.92 Å². The molecule has 2 unspecified atom stereocenters. The van der Waals surface area contributed by atoms with Crippen molar-refractivity contribution in [3.8, 4) is 0 Å². The third kappa shape index (κ3) is 6.12. The Hall–Kier alpha value is -2.69. The summed E-state index contributed by atoms with van der Waals surface area (Å²) in [7, 11) is 0. The largest absolute Gasteiger partial charge is 0.480 e. The SMILES string of the molecule is CC(=O)N(C(=O)C(C)C)[C@](CC(N)C(=O)O)(C(N)=O)C1O[C@H](CO)[C@@H](O)[C@H](O[C@H](C)C(=O)O)[C@H]1N. The molecule has 1 heterocycles. The van der Waals surface area contributed by atoms with Crippen LogP contribution in [0.4, 0.5) is 0 Å². The molecule has 0 bridgehead atoms. The Morgan fingerprint density at radius 3 is 2.03 bits per heavy atom. The zero-order chi connectivity index (χ0) is 27.4. The fraction of sp³-hybridized carbons (Fsp3) is 0.750. The molecule has 0 aromatic heterocycles. The number of rotatable bonds is 11. The number of imide groups is 1. The van der Waals surface area contributed by atoms with Gasteiger partial charge in [-0.3, -0.25) is 24.1 Å². The maximum absolute atomic E-state index is 13.1. The fourth-order valence-electron chi connectivity index (χ4n) is 4.02. The number of aliphatic carboxylic acids is 2. The summed E-state index contributed by atoms with van der Waals surface area (Å²) < 4.78 is 11.0. The maximum atomic E-state index is 13.1. The number of primary amides is 1. The second kappa shape index (κ2) is 11.8. The Morgan fingerprint density at radius 1 is 1.11 bits per heavy atom. The van der Waals surface area contributed by atoms with Gasteiger partial charge in [0.25, 0.3) is 0 Å². The summed E-state index contributed by atoms with van der Waals surface area (Å²) in [6.07, 6.45) is -9.19. The first kappa shape index (κ1) is 30.3. The molecule has 0 aromatic carbocycles. The lowest BCUT2D eigenvalue weighted by Gasteiger charge is -2.53. The second-order valence-electron chi connectivity index (χ2n) is 8.71. The summed E-state index contributed by atoms with van der Waals surface area (Å²) in [5.74, 6) is -7.28. The van der Waals surface area contributed by atoms with Gasteiger partial charge in [0, 0.05) is 19.3 Å². The van der Waals surface area contributed by atoms with Gasteiger partial charge < -0.3 is 47.1 Å². The Bertz CT molecular complexity index is 838. The summed E-state index contributed by atoms with van der Waals surface area (Å²) in [5, 5.41) is 39.0. The van der Waals surface area contributed by atoms with Gasteiger partial charge in [0.1, 0.15) is 30.5 Å². The maximum Gasteiger partial charge on any atom is 0.332 e. The standard InChI is InChI=1S/C20H34N4O11/c1-7(2)16(28)24(9(4)26)20(19(23)33,5-10(21)18(31)32)15-12(22)14(34-8(3)17(29)30)13(27)11(6-25)35-15/h7-8,10-15,25,27H,5-6,21-22H2,1-4H3,(H2,23,33)(H,29,30)(H,31,32)/t8-,10?,11-,12-,13-,14-,15?,20+/m1/s1. The average Bonchev–Trinajstić information content (AvgIpc) is 2.75. The molecule has 0 aromatic rings. The molecule has 35 heavy (non-hydrogen) atoms. The van der Waals surface area contributed by atoms with Crippen LogP contribution in [0, 0.1) is 5.92 Å². The molecule has 1 aliphatic rings. The number of amides is 3. The van der Waals surface area contributed by atoms with Gasteiger partial charge in [0.05, 0.1) is 12.6 Å². The predicted octanol–water partition coefficient (Wildman–Crippen LogP) is -3.65. The van der Waals surface area contributed by atoms with Crippen LogP contribution in [0.25, 0.3) is 0 Å². The first-order valence-electron chi connectivity index (χ1n) is 10.8. The average molecular weight is 507 g/mol. The van der Waals surface area contributed by atoms with Crippen molar-refractivity contribution in [2.45, 2.75) is 82.3 Å². The first-order chi connectivity index (χ1) is 16.0. The van der Waals surface area contributed by atoms with Gasteiger partial charge in [-0.15, -0.1) is 0 Å². The highest BCUT2D eigenvalue weighted by atomic mass is 16.6. The van der Waals surface area contributed by atoms with E-state index in [0.717, 1.165) is 13.8 Å². The zero-order valence-corrected chi connectivity index (χ0v) is 19.9. The van der Waals surface area contributed by atoms with Gasteiger partial charge in [0.15, 0.2) is 11.6 Å². The molecule has 1 fully saturated rings. The quantitative estimate of drug-likeness (QED) is 0.143. The third-order valence-corrected chi connectivity index (χ3v) is 5.83. The Balaban J connectivity index is 3.88. The van der Waals surface area contributed by atoms with Gasteiger partial charge in [0.2, 0.25) is 17.7 Å². The lowest BCUT2D eigenvalue weighted by molar-refractivity contribution is -0.238. The molecular weight excluding hydrogens is 472 g/mol. The number of ether oxygens (including phenoxy) is 2. The molecule has 0 aliphatic carbocycles. The molecule has 200 valence electrons. The van der Waals surface area contributed by atoms with E-state index >= 15 is 0 Å². The summed E-state index contributed by atoms with van der Waals surface area (Å²) in [6, 6.07) is -3.50. The molecule has 0 saturated carbocycles. The van der Waals surface area contributed by atoms with Crippen LogP contribution in [-0.4, -0.2) is 110 Å². The summed E-state index contributed by atoms with van der Waals surface area (Å²) >= 11 is 0. The van der Waals surface area contributed by atoms with Crippen LogP contribution in [0.5, 0.6) is 0 Å². The van der Waals surface area contributed by atoms with E-state index in [2.05, 4.69) is 0 Å². The number of hydrogen-bond donors (Lipinski definition) is 7. The monoisotopic (exact) mass is 506 g/mol. The molecule has 1 saturated heterocycles. The van der Waals surface area contributed by atoms with E-state index in [-0.39, 0.29) is 0 Å². The van der Waals surface area contributed by atoms with Gasteiger partial charge in [-0.2, -0.15) is 0 Å². The number of carboxylic acid groups (broad SMARTS) is 2. The molecule has 1 aliphatic heterocycles. The molecule has 15 nitrogen and oxygen atoms in total. The molecule has 8 atom stereocenters. The van der Waals surface area contributed by atoms with Crippen LogP contribution in [0.2, 0.25) is 0 Å².